The van der Waals surface area contributed by atoms with Gasteiger partial charge in [0.25, 0.3) is 0 Å². The van der Waals surface area contributed by atoms with E-state index in [0.717, 1.165) is 47.4 Å². The van der Waals surface area contributed by atoms with Gasteiger partial charge in [0.15, 0.2) is 11.7 Å². The largest absolute Gasteiger partial charge is 0.497 e. The maximum atomic E-state index is 6.58. The van der Waals surface area contributed by atoms with Crippen molar-refractivity contribution in [2.24, 2.45) is 5.92 Å². The van der Waals surface area contributed by atoms with Gasteiger partial charge in [-0.2, -0.15) is 0 Å². The van der Waals surface area contributed by atoms with E-state index in [4.69, 9.17) is 28.1 Å². The number of nitrogens with zero attached hydrogens (tertiary/aromatic N) is 1. The van der Waals surface area contributed by atoms with Crippen LogP contribution in [-0.2, 0) is 25.6 Å². The topological polar surface area (TPSA) is 72.2 Å². The minimum atomic E-state index is -0.494. The maximum Gasteiger partial charge on any atom is 0.191 e. The second-order valence-electron chi connectivity index (χ2n) is 10.6. The molecule has 2 heterocycles. The third-order valence-corrected chi connectivity index (χ3v) is 7.61. The Bertz CT molecular complexity index is 1130. The van der Waals surface area contributed by atoms with Crippen LogP contribution >= 0.6 is 0 Å². The van der Waals surface area contributed by atoms with E-state index in [1.54, 1.807) is 20.5 Å². The van der Waals surface area contributed by atoms with E-state index < -0.39 is 5.79 Å². The number of oxazole rings is 1. The third kappa shape index (κ3) is 8.90. The smallest absolute Gasteiger partial charge is 0.191 e. The molecule has 0 amide bonds. The van der Waals surface area contributed by atoms with Gasteiger partial charge in [0.05, 0.1) is 38.6 Å². The van der Waals surface area contributed by atoms with Crippen molar-refractivity contribution in [2.75, 3.05) is 20.8 Å². The predicted molar refractivity (Wildman–Crippen MR) is 158 cm³/mol. The first-order valence-corrected chi connectivity index (χ1v) is 14.3. The van der Waals surface area contributed by atoms with Gasteiger partial charge >= 0.3 is 0 Å². The standard InChI is InChI=1S/C33H47NO6/c1-9-33(10-2)39-22-30(40-33)19-31(38-20-27-14-16-29(35-7)17-15-27)25(5)32(36-8)24(4)13-11-12-23(3)18-28-21-37-26(6)34-28/h11-18,21,25,30-32H,9-10,19-20,22H2,1-8H3/b12-11+,23-18+,24-13+/t25-,30-,31-,32-/m0/s1. The summed E-state index contributed by atoms with van der Waals surface area (Å²) in [7, 11) is 3.43. The van der Waals surface area contributed by atoms with Crippen LogP contribution in [-0.4, -0.2) is 49.9 Å². The lowest BCUT2D eigenvalue weighted by Gasteiger charge is -2.33. The van der Waals surface area contributed by atoms with Crippen molar-refractivity contribution in [1.82, 2.24) is 4.98 Å². The normalized spacial score (nSPS) is 20.1. The molecule has 220 valence electrons. The van der Waals surface area contributed by atoms with Gasteiger partial charge in [-0.05, 0) is 61.6 Å². The van der Waals surface area contributed by atoms with Crippen LogP contribution in [0.1, 0.15) is 71.0 Å². The average Bonchev–Trinajstić information content (AvgIpc) is 3.57. The van der Waals surface area contributed by atoms with Crippen LogP contribution in [0.5, 0.6) is 5.75 Å². The highest BCUT2D eigenvalue weighted by Crippen LogP contribution is 2.34. The maximum absolute atomic E-state index is 6.58. The number of rotatable bonds is 15. The summed E-state index contributed by atoms with van der Waals surface area (Å²) < 4.78 is 35.7. The number of allylic oxidation sites excluding steroid dienone is 4. The molecule has 3 rings (SSSR count). The monoisotopic (exact) mass is 553 g/mol. The van der Waals surface area contributed by atoms with Crippen LogP contribution in [0.25, 0.3) is 6.08 Å². The minimum Gasteiger partial charge on any atom is -0.497 e. The van der Waals surface area contributed by atoms with Gasteiger partial charge in [0, 0.05) is 26.4 Å². The highest BCUT2D eigenvalue weighted by Gasteiger charge is 2.40. The summed E-state index contributed by atoms with van der Waals surface area (Å²) in [4.78, 5) is 4.34. The van der Waals surface area contributed by atoms with Crippen LogP contribution in [0.15, 0.2) is 64.3 Å². The van der Waals surface area contributed by atoms with Crippen LogP contribution in [0, 0.1) is 12.8 Å². The van der Waals surface area contributed by atoms with Gasteiger partial charge in [0.2, 0.25) is 0 Å². The van der Waals surface area contributed by atoms with Gasteiger partial charge in [-0.3, -0.25) is 0 Å². The average molecular weight is 554 g/mol. The summed E-state index contributed by atoms with van der Waals surface area (Å²) in [6.07, 6.45) is 12.0. The molecule has 2 aromatic rings. The first-order chi connectivity index (χ1) is 19.2. The number of methoxy groups -OCH3 is 2. The summed E-state index contributed by atoms with van der Waals surface area (Å²) in [5.74, 6) is 1.06. The highest BCUT2D eigenvalue weighted by atomic mass is 16.7. The highest BCUT2D eigenvalue weighted by molar-refractivity contribution is 5.51. The van der Waals surface area contributed by atoms with Crippen molar-refractivity contribution in [3.63, 3.8) is 0 Å². The van der Waals surface area contributed by atoms with Gasteiger partial charge < -0.3 is 28.1 Å². The number of benzene rings is 1. The van der Waals surface area contributed by atoms with Crippen molar-refractivity contribution >= 4 is 6.08 Å². The fraction of sp³-hybridized carbons (Fsp3) is 0.545. The van der Waals surface area contributed by atoms with E-state index in [1.807, 2.05) is 50.3 Å². The molecule has 1 aromatic carbocycles. The van der Waals surface area contributed by atoms with E-state index in [-0.39, 0.29) is 24.2 Å². The van der Waals surface area contributed by atoms with Crippen molar-refractivity contribution < 1.29 is 28.1 Å². The van der Waals surface area contributed by atoms with E-state index in [9.17, 15) is 0 Å². The third-order valence-electron chi connectivity index (χ3n) is 7.61. The summed E-state index contributed by atoms with van der Waals surface area (Å²) in [6.45, 7) is 13.5. The number of aromatic nitrogens is 1. The Morgan fingerprint density at radius 2 is 1.88 bits per heavy atom. The van der Waals surface area contributed by atoms with Crippen molar-refractivity contribution in [3.05, 3.63) is 77.1 Å². The molecule has 0 spiro atoms. The van der Waals surface area contributed by atoms with Crippen molar-refractivity contribution in [3.8, 4) is 5.75 Å². The first kappa shape index (κ1) is 31.8. The Hall–Kier alpha value is -2.71. The van der Waals surface area contributed by atoms with Crippen LogP contribution in [0.4, 0.5) is 0 Å². The molecule has 1 aliphatic heterocycles. The predicted octanol–water partition coefficient (Wildman–Crippen LogP) is 7.46. The van der Waals surface area contributed by atoms with Crippen LogP contribution in [0.3, 0.4) is 0 Å². The van der Waals surface area contributed by atoms with Crippen LogP contribution < -0.4 is 4.74 Å². The molecule has 1 fully saturated rings. The van der Waals surface area contributed by atoms with E-state index >= 15 is 0 Å². The molecule has 40 heavy (non-hydrogen) atoms. The van der Waals surface area contributed by atoms with E-state index in [0.29, 0.717) is 19.1 Å². The van der Waals surface area contributed by atoms with Gasteiger partial charge in [-0.25, -0.2) is 4.98 Å². The molecular formula is C33H47NO6. The fourth-order valence-corrected chi connectivity index (χ4v) is 5.16. The fourth-order valence-electron chi connectivity index (χ4n) is 5.16. The molecule has 0 aliphatic carbocycles. The Balaban J connectivity index is 1.73. The lowest BCUT2D eigenvalue weighted by Crippen LogP contribution is -2.37. The molecule has 0 bridgehead atoms. The Morgan fingerprint density at radius 3 is 2.45 bits per heavy atom. The molecular weight excluding hydrogens is 506 g/mol. The molecule has 1 saturated heterocycles. The summed E-state index contributed by atoms with van der Waals surface area (Å²) in [5, 5.41) is 0. The van der Waals surface area contributed by atoms with Crippen molar-refractivity contribution in [1.29, 1.82) is 0 Å². The molecule has 1 aromatic heterocycles. The summed E-state index contributed by atoms with van der Waals surface area (Å²) >= 11 is 0. The molecule has 4 atom stereocenters. The van der Waals surface area contributed by atoms with Gasteiger partial charge in [-0.1, -0.05) is 51.1 Å². The number of ether oxygens (including phenoxy) is 5. The molecule has 1 aliphatic rings. The molecule has 7 nitrogen and oxygen atoms in total. The van der Waals surface area contributed by atoms with Crippen molar-refractivity contribution in [2.45, 2.75) is 91.5 Å². The molecule has 0 N–H and O–H groups in total. The zero-order chi connectivity index (χ0) is 29.1. The Morgan fingerprint density at radius 1 is 1.15 bits per heavy atom. The summed E-state index contributed by atoms with van der Waals surface area (Å²) in [5.41, 5.74) is 4.10. The van der Waals surface area contributed by atoms with E-state index in [2.05, 4.69) is 44.8 Å². The zero-order valence-electron chi connectivity index (χ0n) is 25.4. The lowest BCUT2D eigenvalue weighted by molar-refractivity contribution is -0.176. The van der Waals surface area contributed by atoms with Gasteiger partial charge in [-0.15, -0.1) is 0 Å². The second-order valence-corrected chi connectivity index (χ2v) is 10.6. The van der Waals surface area contributed by atoms with Crippen LogP contribution in [0.2, 0.25) is 0 Å². The summed E-state index contributed by atoms with van der Waals surface area (Å²) in [6, 6.07) is 7.99. The SMILES string of the molecule is CCC1(CC)OC[C@H](C[C@H](OCc2ccc(OC)cc2)[C@H](C)[C@@H](OC)/C(C)=C/C=C/C(C)=C/c2coc(C)n2)O1. The quantitative estimate of drug-likeness (QED) is 0.212. The molecule has 7 heteroatoms. The Kier molecular flexibility index (Phi) is 12.2. The number of hydrogen-bond acceptors (Lipinski definition) is 7. The molecule has 0 unspecified atom stereocenters. The lowest BCUT2D eigenvalue weighted by atomic mass is 9.89. The van der Waals surface area contributed by atoms with E-state index in [1.165, 1.54) is 0 Å². The number of aryl methyl sites for hydroxylation is 1. The van der Waals surface area contributed by atoms with Gasteiger partial charge in [0.1, 0.15) is 17.7 Å². The second kappa shape index (κ2) is 15.3. The first-order valence-electron chi connectivity index (χ1n) is 14.3. The molecule has 0 saturated carbocycles. The zero-order valence-corrected chi connectivity index (χ0v) is 25.4. The Labute approximate surface area is 240 Å². The minimum absolute atomic E-state index is 0.0298. The molecule has 0 radical (unpaired) electrons. The number of hydrogen-bond donors (Lipinski definition) is 0.